The number of benzene rings is 2. The summed E-state index contributed by atoms with van der Waals surface area (Å²) in [5, 5.41) is 18.6. The smallest absolute Gasteiger partial charge is 0.288 e. The summed E-state index contributed by atoms with van der Waals surface area (Å²) in [4.78, 5) is 11.1. The minimum atomic E-state index is -0.445. The van der Waals surface area contributed by atoms with Gasteiger partial charge in [0, 0.05) is 5.54 Å². The molecule has 0 aliphatic heterocycles. The van der Waals surface area contributed by atoms with E-state index in [2.05, 4.69) is 10.2 Å². The van der Waals surface area contributed by atoms with Gasteiger partial charge in [0.2, 0.25) is 0 Å². The number of nitro groups is 1. The Morgan fingerprint density at radius 3 is 2.39 bits per heavy atom. The molecule has 3 rings (SSSR count). The van der Waals surface area contributed by atoms with Crippen LogP contribution in [0.5, 0.6) is 0 Å². The van der Waals surface area contributed by atoms with Crippen LogP contribution in [0.2, 0.25) is 0 Å². The van der Waals surface area contributed by atoms with E-state index in [4.69, 9.17) is 5.73 Å². The van der Waals surface area contributed by atoms with E-state index >= 15 is 0 Å². The zero-order chi connectivity index (χ0) is 15.9. The number of halogens is 1. The number of nitrogens with one attached hydrogen (secondary N) is 1. The van der Waals surface area contributed by atoms with Gasteiger partial charge in [-0.15, -0.1) is 12.4 Å². The monoisotopic (exact) mass is 332 g/mol. The van der Waals surface area contributed by atoms with Gasteiger partial charge in [0.1, 0.15) is 0 Å². The first-order valence-corrected chi connectivity index (χ1v) is 6.88. The van der Waals surface area contributed by atoms with Crippen LogP contribution in [0.3, 0.4) is 0 Å². The molecule has 6 nitrogen and oxygen atoms in total. The molecule has 0 aliphatic carbocycles. The molecule has 0 spiro atoms. The number of nitrogens with zero attached hydrogens (tertiary/aromatic N) is 2. The highest BCUT2D eigenvalue weighted by Gasteiger charge is 2.21. The lowest BCUT2D eigenvalue weighted by molar-refractivity contribution is -0.382. The molecule has 0 fully saturated rings. The Morgan fingerprint density at radius 2 is 1.83 bits per heavy atom. The number of rotatable bonds is 3. The molecule has 0 radical (unpaired) electrons. The summed E-state index contributed by atoms with van der Waals surface area (Å²) in [5.74, 6) is 0. The Balaban J connectivity index is 0.00000192. The Bertz CT molecular complexity index is 851. The van der Waals surface area contributed by atoms with Crippen molar-refractivity contribution in [1.29, 1.82) is 0 Å². The van der Waals surface area contributed by atoms with E-state index in [9.17, 15) is 10.1 Å². The van der Waals surface area contributed by atoms with Crippen molar-refractivity contribution in [2.24, 2.45) is 5.73 Å². The van der Waals surface area contributed by atoms with Crippen LogP contribution >= 0.6 is 12.4 Å². The maximum Gasteiger partial charge on any atom is 0.288 e. The Labute approximate surface area is 139 Å². The number of aromatic amines is 1. The minimum absolute atomic E-state index is 0. The van der Waals surface area contributed by atoms with Crippen LogP contribution in [0.25, 0.3) is 22.0 Å². The molecule has 120 valence electrons. The fourth-order valence-corrected chi connectivity index (χ4v) is 2.51. The van der Waals surface area contributed by atoms with Gasteiger partial charge in [-0.25, -0.2) is 0 Å². The molecule has 0 aliphatic rings. The van der Waals surface area contributed by atoms with Crippen molar-refractivity contribution in [1.82, 2.24) is 10.2 Å². The van der Waals surface area contributed by atoms with Crippen LogP contribution in [0.1, 0.15) is 19.4 Å². The predicted molar refractivity (Wildman–Crippen MR) is 92.6 cm³/mol. The summed E-state index contributed by atoms with van der Waals surface area (Å²) in [6.45, 7) is 3.84. The summed E-state index contributed by atoms with van der Waals surface area (Å²) in [7, 11) is 0. The molecule has 0 atom stereocenters. The lowest BCUT2D eigenvalue weighted by Gasteiger charge is -2.19. The van der Waals surface area contributed by atoms with Gasteiger partial charge in [0.15, 0.2) is 0 Å². The van der Waals surface area contributed by atoms with Crippen LogP contribution in [-0.2, 0) is 5.54 Å². The second-order valence-electron chi connectivity index (χ2n) is 5.85. The fraction of sp³-hybridized carbons (Fsp3) is 0.188. The molecule has 7 heteroatoms. The normalized spacial score (nSPS) is 11.3. The minimum Gasteiger partial charge on any atom is -0.322 e. The van der Waals surface area contributed by atoms with Gasteiger partial charge >= 0.3 is 0 Å². The summed E-state index contributed by atoms with van der Waals surface area (Å²) < 4.78 is 0. The van der Waals surface area contributed by atoms with Crippen molar-refractivity contribution >= 4 is 29.0 Å². The van der Waals surface area contributed by atoms with Crippen molar-refractivity contribution in [3.63, 3.8) is 0 Å². The van der Waals surface area contributed by atoms with E-state index in [1.54, 1.807) is 12.1 Å². The fourth-order valence-electron chi connectivity index (χ4n) is 2.51. The number of fused-ring (bicyclic) bond motifs is 1. The van der Waals surface area contributed by atoms with Gasteiger partial charge in [0.25, 0.3) is 5.69 Å². The summed E-state index contributed by atoms with van der Waals surface area (Å²) in [5.41, 5.74) is 8.65. The van der Waals surface area contributed by atoms with Gasteiger partial charge in [0.05, 0.1) is 27.6 Å². The van der Waals surface area contributed by atoms with Gasteiger partial charge in [-0.05, 0) is 37.1 Å². The molecule has 0 saturated carbocycles. The molecule has 3 N–H and O–H groups in total. The van der Waals surface area contributed by atoms with Gasteiger partial charge in [-0.3, -0.25) is 15.2 Å². The Hall–Kier alpha value is -2.44. The molecule has 1 aromatic heterocycles. The predicted octanol–water partition coefficient (Wildman–Crippen LogP) is 3.75. The maximum absolute atomic E-state index is 11.5. The first kappa shape index (κ1) is 16.9. The average Bonchev–Trinajstić information content (AvgIpc) is 2.93. The number of nitrogens with two attached hydrogens (primary N) is 1. The van der Waals surface area contributed by atoms with E-state index in [-0.39, 0.29) is 23.0 Å². The molecule has 2 aromatic carbocycles. The molecular weight excluding hydrogens is 316 g/mol. The third-order valence-electron chi connectivity index (χ3n) is 3.72. The summed E-state index contributed by atoms with van der Waals surface area (Å²) >= 11 is 0. The largest absolute Gasteiger partial charge is 0.322 e. The highest BCUT2D eigenvalue weighted by Crippen LogP contribution is 2.36. The lowest BCUT2D eigenvalue weighted by atomic mass is 9.93. The summed E-state index contributed by atoms with van der Waals surface area (Å²) in [6.07, 6.45) is 1.48. The molecule has 23 heavy (non-hydrogen) atoms. The van der Waals surface area contributed by atoms with Crippen molar-refractivity contribution in [3.05, 3.63) is 58.3 Å². The zero-order valence-corrected chi connectivity index (χ0v) is 13.6. The van der Waals surface area contributed by atoms with Crippen LogP contribution in [0.15, 0.2) is 42.6 Å². The zero-order valence-electron chi connectivity index (χ0n) is 12.7. The first-order valence-electron chi connectivity index (χ1n) is 6.88. The van der Waals surface area contributed by atoms with Crippen LogP contribution in [-0.4, -0.2) is 15.1 Å². The topological polar surface area (TPSA) is 97.8 Å². The number of nitro benzene ring substituents is 1. The van der Waals surface area contributed by atoms with E-state index in [0.717, 1.165) is 11.1 Å². The molecule has 0 bridgehead atoms. The lowest BCUT2D eigenvalue weighted by Crippen LogP contribution is -2.28. The van der Waals surface area contributed by atoms with Gasteiger partial charge in [-0.1, -0.05) is 24.3 Å². The number of hydrogen-bond donors (Lipinski definition) is 2. The van der Waals surface area contributed by atoms with E-state index in [0.29, 0.717) is 16.5 Å². The van der Waals surface area contributed by atoms with Crippen LogP contribution < -0.4 is 5.73 Å². The van der Waals surface area contributed by atoms with E-state index in [1.807, 2.05) is 38.1 Å². The number of hydrogen-bond acceptors (Lipinski definition) is 4. The first-order chi connectivity index (χ1) is 10.4. The summed E-state index contributed by atoms with van der Waals surface area (Å²) in [6, 6.07) is 11.1. The van der Waals surface area contributed by atoms with Crippen molar-refractivity contribution in [2.45, 2.75) is 19.4 Å². The van der Waals surface area contributed by atoms with E-state index < -0.39 is 5.54 Å². The Morgan fingerprint density at radius 1 is 1.17 bits per heavy atom. The third kappa shape index (κ3) is 3.04. The second kappa shape index (κ2) is 5.98. The molecule has 0 unspecified atom stereocenters. The van der Waals surface area contributed by atoms with Crippen LogP contribution in [0.4, 0.5) is 5.69 Å². The van der Waals surface area contributed by atoms with Crippen molar-refractivity contribution in [3.8, 4) is 11.1 Å². The van der Waals surface area contributed by atoms with Crippen LogP contribution in [0, 0.1) is 10.1 Å². The highest BCUT2D eigenvalue weighted by atomic mass is 35.5. The maximum atomic E-state index is 11.5. The third-order valence-corrected chi connectivity index (χ3v) is 3.72. The number of aromatic nitrogens is 2. The molecule has 1 heterocycles. The SMILES string of the molecule is CC(C)(N)c1ccc(-c2ccc3[nH]ncc3c2[N+](=O)[O-])cc1.Cl. The standard InChI is InChI=1S/C16H16N4O2.ClH/c1-16(2,17)11-5-3-10(4-6-11)12-7-8-14-13(9-18-19-14)15(12)20(21)22;/h3-9H,17H2,1-2H3,(H,18,19);1H. The molecule has 3 aromatic rings. The quantitative estimate of drug-likeness (QED) is 0.563. The molecular formula is C16H17ClN4O2. The molecule has 0 saturated heterocycles. The second-order valence-corrected chi connectivity index (χ2v) is 5.85. The van der Waals surface area contributed by atoms with E-state index in [1.165, 1.54) is 6.20 Å². The highest BCUT2D eigenvalue weighted by molar-refractivity contribution is 5.95. The van der Waals surface area contributed by atoms with Crippen molar-refractivity contribution in [2.75, 3.05) is 0 Å². The molecule has 0 amide bonds. The Kier molecular flexibility index (Phi) is 4.40. The number of H-pyrrole nitrogens is 1. The average molecular weight is 333 g/mol. The van der Waals surface area contributed by atoms with Crippen molar-refractivity contribution < 1.29 is 4.92 Å². The van der Waals surface area contributed by atoms with Gasteiger partial charge in [-0.2, -0.15) is 5.10 Å². The van der Waals surface area contributed by atoms with Gasteiger partial charge < -0.3 is 5.73 Å².